The SMILES string of the molecule is CC(=O)[C@H]1CC[C@H]2[C@@H]3CC[C@@H]4CCC=C[C@@]4(C)[C@H]3CC[C@@]12C. The number of carbonyl (C=O) groups excluding carboxylic acids is 1. The third-order valence-corrected chi connectivity index (χ3v) is 8.61. The fourth-order valence-electron chi connectivity index (χ4n) is 7.49. The minimum atomic E-state index is 0.314. The van der Waals surface area contributed by atoms with Gasteiger partial charge in [0.15, 0.2) is 0 Å². The van der Waals surface area contributed by atoms with Crippen LogP contribution in [0.5, 0.6) is 0 Å². The van der Waals surface area contributed by atoms with E-state index in [1.54, 1.807) is 0 Å². The fraction of sp³-hybridized carbons (Fsp3) is 0.857. The second-order valence-corrected chi connectivity index (χ2v) is 9.28. The Morgan fingerprint density at radius 1 is 1.00 bits per heavy atom. The quantitative estimate of drug-likeness (QED) is 0.592. The van der Waals surface area contributed by atoms with Crippen molar-refractivity contribution in [3.05, 3.63) is 12.2 Å². The van der Waals surface area contributed by atoms with Crippen LogP contribution in [0, 0.1) is 40.4 Å². The van der Waals surface area contributed by atoms with E-state index < -0.39 is 0 Å². The molecule has 0 saturated heterocycles. The molecule has 0 heterocycles. The first kappa shape index (κ1) is 15.0. The van der Waals surface area contributed by atoms with Gasteiger partial charge < -0.3 is 0 Å². The van der Waals surface area contributed by atoms with E-state index in [2.05, 4.69) is 26.0 Å². The second kappa shape index (κ2) is 4.95. The lowest BCUT2D eigenvalue weighted by atomic mass is 9.46. The van der Waals surface area contributed by atoms with Gasteiger partial charge in [0, 0.05) is 5.92 Å². The Morgan fingerprint density at radius 2 is 1.82 bits per heavy atom. The maximum atomic E-state index is 12.1. The van der Waals surface area contributed by atoms with Crippen molar-refractivity contribution in [2.75, 3.05) is 0 Å². The zero-order valence-electron chi connectivity index (χ0n) is 14.6. The van der Waals surface area contributed by atoms with Crippen LogP contribution in [0.4, 0.5) is 0 Å². The van der Waals surface area contributed by atoms with Crippen LogP contribution in [0.25, 0.3) is 0 Å². The normalized spacial score (nSPS) is 53.5. The van der Waals surface area contributed by atoms with E-state index in [0.717, 1.165) is 30.1 Å². The molecule has 7 atom stereocenters. The molecule has 3 saturated carbocycles. The van der Waals surface area contributed by atoms with E-state index in [-0.39, 0.29) is 0 Å². The molecule has 4 rings (SSSR count). The molecule has 122 valence electrons. The van der Waals surface area contributed by atoms with Crippen LogP contribution in [0.2, 0.25) is 0 Å². The monoisotopic (exact) mass is 300 g/mol. The minimum absolute atomic E-state index is 0.314. The van der Waals surface area contributed by atoms with Crippen LogP contribution < -0.4 is 0 Å². The number of rotatable bonds is 1. The lowest BCUT2D eigenvalue weighted by molar-refractivity contribution is -0.129. The molecule has 0 aromatic carbocycles. The summed E-state index contributed by atoms with van der Waals surface area (Å²) in [7, 11) is 0. The first-order valence-corrected chi connectivity index (χ1v) is 9.65. The van der Waals surface area contributed by atoms with Gasteiger partial charge in [0.25, 0.3) is 0 Å². The molecule has 0 aromatic rings. The molecular weight excluding hydrogens is 268 g/mol. The summed E-state index contributed by atoms with van der Waals surface area (Å²) in [5.74, 6) is 4.31. The van der Waals surface area contributed by atoms with E-state index in [9.17, 15) is 4.79 Å². The number of fused-ring (bicyclic) bond motifs is 5. The molecule has 0 aliphatic heterocycles. The van der Waals surface area contributed by atoms with Gasteiger partial charge in [-0.05, 0) is 92.8 Å². The highest BCUT2D eigenvalue weighted by atomic mass is 16.1. The molecule has 0 aromatic heterocycles. The predicted octanol–water partition coefficient (Wildman–Crippen LogP) is 5.40. The molecule has 4 aliphatic carbocycles. The summed E-state index contributed by atoms with van der Waals surface area (Å²) in [5.41, 5.74) is 0.769. The largest absolute Gasteiger partial charge is 0.300 e. The topological polar surface area (TPSA) is 17.1 Å². The van der Waals surface area contributed by atoms with Gasteiger partial charge in [0.05, 0.1) is 0 Å². The average Bonchev–Trinajstić information content (AvgIpc) is 2.84. The zero-order valence-corrected chi connectivity index (χ0v) is 14.6. The molecule has 0 unspecified atom stereocenters. The standard InChI is InChI=1S/C21H32O/c1-14(22)17-9-10-18-16-8-7-15-6-4-5-12-20(15,2)19(16)11-13-21(17,18)3/h5,12,15-19H,4,6-11,13H2,1-3H3/t15-,16-,17+,18-,19-,20+,21-/m0/s1. The molecule has 0 amide bonds. The summed E-state index contributed by atoms with van der Waals surface area (Å²) in [5, 5.41) is 0. The third-order valence-electron chi connectivity index (χ3n) is 8.61. The summed E-state index contributed by atoms with van der Waals surface area (Å²) in [4.78, 5) is 12.1. The van der Waals surface area contributed by atoms with E-state index in [1.807, 2.05) is 6.92 Å². The molecule has 0 spiro atoms. The smallest absolute Gasteiger partial charge is 0.133 e. The van der Waals surface area contributed by atoms with Gasteiger partial charge in [-0.1, -0.05) is 26.0 Å². The van der Waals surface area contributed by atoms with Crippen molar-refractivity contribution < 1.29 is 4.79 Å². The molecule has 0 radical (unpaired) electrons. The lowest BCUT2D eigenvalue weighted by Crippen LogP contribution is -2.52. The average molecular weight is 300 g/mol. The summed E-state index contributed by atoms with van der Waals surface area (Å²) >= 11 is 0. The van der Waals surface area contributed by atoms with E-state index in [1.165, 1.54) is 44.9 Å². The highest BCUT2D eigenvalue weighted by Crippen LogP contribution is 2.66. The Hall–Kier alpha value is -0.590. The van der Waals surface area contributed by atoms with Crippen molar-refractivity contribution in [1.82, 2.24) is 0 Å². The maximum Gasteiger partial charge on any atom is 0.133 e. The number of ketones is 1. The van der Waals surface area contributed by atoms with Gasteiger partial charge in [-0.15, -0.1) is 0 Å². The molecular formula is C21H32O. The fourth-order valence-corrected chi connectivity index (χ4v) is 7.49. The molecule has 0 N–H and O–H groups in total. The molecule has 3 fully saturated rings. The van der Waals surface area contributed by atoms with Crippen molar-refractivity contribution >= 4 is 5.78 Å². The second-order valence-electron chi connectivity index (χ2n) is 9.28. The van der Waals surface area contributed by atoms with Gasteiger partial charge in [-0.25, -0.2) is 0 Å². The number of hydrogen-bond acceptors (Lipinski definition) is 1. The van der Waals surface area contributed by atoms with Crippen molar-refractivity contribution in [3.8, 4) is 0 Å². The van der Waals surface area contributed by atoms with E-state index in [0.29, 0.717) is 22.5 Å². The molecule has 1 heteroatoms. The van der Waals surface area contributed by atoms with Crippen molar-refractivity contribution in [2.24, 2.45) is 40.4 Å². The van der Waals surface area contributed by atoms with Gasteiger partial charge in [0.1, 0.15) is 5.78 Å². The number of carbonyl (C=O) groups is 1. The number of hydrogen-bond donors (Lipinski definition) is 0. The Bertz CT molecular complexity index is 506. The van der Waals surface area contributed by atoms with E-state index in [4.69, 9.17) is 0 Å². The summed E-state index contributed by atoms with van der Waals surface area (Å²) in [6, 6.07) is 0. The van der Waals surface area contributed by atoms with Crippen LogP contribution in [0.3, 0.4) is 0 Å². The minimum Gasteiger partial charge on any atom is -0.300 e. The van der Waals surface area contributed by atoms with Crippen molar-refractivity contribution in [2.45, 2.75) is 72.1 Å². The van der Waals surface area contributed by atoms with Crippen LogP contribution in [-0.4, -0.2) is 5.78 Å². The van der Waals surface area contributed by atoms with E-state index >= 15 is 0 Å². The predicted molar refractivity (Wildman–Crippen MR) is 90.4 cm³/mol. The Labute approximate surface area is 135 Å². The summed E-state index contributed by atoms with van der Waals surface area (Å²) in [6.07, 6.45) is 15.8. The van der Waals surface area contributed by atoms with Gasteiger partial charge in [0.2, 0.25) is 0 Å². The Balaban J connectivity index is 1.66. The first-order valence-electron chi connectivity index (χ1n) is 9.65. The Kier molecular flexibility index (Phi) is 3.37. The van der Waals surface area contributed by atoms with Gasteiger partial charge in [-0.2, -0.15) is 0 Å². The third kappa shape index (κ3) is 1.86. The van der Waals surface area contributed by atoms with Crippen LogP contribution >= 0.6 is 0 Å². The molecule has 1 nitrogen and oxygen atoms in total. The van der Waals surface area contributed by atoms with Crippen LogP contribution in [0.1, 0.15) is 72.1 Å². The maximum absolute atomic E-state index is 12.1. The summed E-state index contributed by atoms with van der Waals surface area (Å²) in [6.45, 7) is 6.86. The molecule has 0 bridgehead atoms. The highest BCUT2D eigenvalue weighted by molar-refractivity contribution is 5.79. The van der Waals surface area contributed by atoms with Crippen LogP contribution in [0.15, 0.2) is 12.2 Å². The molecule has 22 heavy (non-hydrogen) atoms. The Morgan fingerprint density at radius 3 is 2.59 bits per heavy atom. The lowest BCUT2D eigenvalue weighted by Gasteiger charge is -2.59. The van der Waals surface area contributed by atoms with Crippen molar-refractivity contribution in [1.29, 1.82) is 0 Å². The number of allylic oxidation sites excluding steroid dienone is 2. The van der Waals surface area contributed by atoms with Crippen LogP contribution in [-0.2, 0) is 4.79 Å². The summed E-state index contributed by atoms with van der Waals surface area (Å²) < 4.78 is 0. The highest BCUT2D eigenvalue weighted by Gasteiger charge is 2.59. The zero-order chi connectivity index (χ0) is 15.5. The molecule has 4 aliphatic rings. The first-order chi connectivity index (χ1) is 10.5. The van der Waals surface area contributed by atoms with Gasteiger partial charge in [-0.3, -0.25) is 4.79 Å². The van der Waals surface area contributed by atoms with Gasteiger partial charge >= 0.3 is 0 Å². The van der Waals surface area contributed by atoms with Crippen molar-refractivity contribution in [3.63, 3.8) is 0 Å². The number of Topliss-reactive ketones (excluding diaryl/α,β-unsaturated/α-hetero) is 1.